The summed E-state index contributed by atoms with van der Waals surface area (Å²) in [6.45, 7) is 1.20. The molecule has 0 bridgehead atoms. The van der Waals surface area contributed by atoms with Gasteiger partial charge in [-0.2, -0.15) is 13.2 Å². The summed E-state index contributed by atoms with van der Waals surface area (Å²) in [5, 5.41) is 3.99. The molecule has 0 saturated carbocycles. The highest BCUT2D eigenvalue weighted by Gasteiger charge is 2.34. The van der Waals surface area contributed by atoms with Crippen LogP contribution in [0.3, 0.4) is 0 Å². The molecule has 2 N–H and O–H groups in total. The van der Waals surface area contributed by atoms with E-state index >= 15 is 0 Å². The summed E-state index contributed by atoms with van der Waals surface area (Å²) in [7, 11) is 0. The molecule has 178 valence electrons. The number of esters is 1. The van der Waals surface area contributed by atoms with Gasteiger partial charge in [0.2, 0.25) is 0 Å². The van der Waals surface area contributed by atoms with Crippen LogP contribution in [0, 0.1) is 0 Å². The van der Waals surface area contributed by atoms with E-state index in [0.29, 0.717) is 12.4 Å². The number of benzene rings is 2. The summed E-state index contributed by atoms with van der Waals surface area (Å²) < 4.78 is 49.4. The first kappa shape index (κ1) is 26.0. The van der Waals surface area contributed by atoms with Crippen molar-refractivity contribution in [2.45, 2.75) is 25.9 Å². The van der Waals surface area contributed by atoms with E-state index in [1.807, 2.05) is 12.2 Å². The number of rotatable bonds is 10. The Hall–Kier alpha value is -3.27. The number of unbranched alkanes of at least 4 members (excludes halogenated alkanes) is 1. The van der Waals surface area contributed by atoms with Crippen LogP contribution >= 0.6 is 11.6 Å². The molecule has 7 nitrogen and oxygen atoms in total. The monoisotopic (exact) mass is 486 g/mol. The SMILES string of the molecule is CCCCOc1ccc(C(=O)NCC(=O)OCC(=O)Nc2c(Cl)cccc2C(F)(F)F)cc1. The van der Waals surface area contributed by atoms with Gasteiger partial charge in [0, 0.05) is 5.56 Å². The van der Waals surface area contributed by atoms with Crippen molar-refractivity contribution < 1.29 is 37.0 Å². The number of carbonyl (C=O) groups excluding carboxylic acids is 3. The van der Waals surface area contributed by atoms with Crippen molar-refractivity contribution in [3.63, 3.8) is 0 Å². The Morgan fingerprint density at radius 1 is 1.06 bits per heavy atom. The molecule has 0 aliphatic heterocycles. The Balaban J connectivity index is 1.80. The van der Waals surface area contributed by atoms with Gasteiger partial charge in [0.1, 0.15) is 12.3 Å². The van der Waals surface area contributed by atoms with Gasteiger partial charge in [-0.1, -0.05) is 31.0 Å². The van der Waals surface area contributed by atoms with Crippen molar-refractivity contribution in [2.24, 2.45) is 0 Å². The van der Waals surface area contributed by atoms with Gasteiger partial charge in [0.15, 0.2) is 6.61 Å². The van der Waals surface area contributed by atoms with E-state index in [-0.39, 0.29) is 10.6 Å². The molecule has 0 aliphatic rings. The molecular weight excluding hydrogens is 465 g/mol. The lowest BCUT2D eigenvalue weighted by Gasteiger charge is -2.15. The number of carbonyl (C=O) groups is 3. The lowest BCUT2D eigenvalue weighted by atomic mass is 10.1. The van der Waals surface area contributed by atoms with Crippen molar-refractivity contribution >= 4 is 35.1 Å². The van der Waals surface area contributed by atoms with E-state index < -0.39 is 48.4 Å². The topological polar surface area (TPSA) is 93.7 Å². The van der Waals surface area contributed by atoms with E-state index in [1.54, 1.807) is 12.1 Å². The van der Waals surface area contributed by atoms with Crippen molar-refractivity contribution in [3.05, 3.63) is 58.6 Å². The average Bonchev–Trinajstić information content (AvgIpc) is 2.77. The zero-order valence-corrected chi connectivity index (χ0v) is 18.4. The number of anilines is 1. The molecule has 0 spiro atoms. The van der Waals surface area contributed by atoms with Gasteiger partial charge in [0.25, 0.3) is 11.8 Å². The van der Waals surface area contributed by atoms with E-state index in [0.717, 1.165) is 25.0 Å². The van der Waals surface area contributed by atoms with Crippen LogP contribution < -0.4 is 15.4 Å². The zero-order valence-electron chi connectivity index (χ0n) is 17.6. The third kappa shape index (κ3) is 8.30. The van der Waals surface area contributed by atoms with Crippen LogP contribution in [0.2, 0.25) is 5.02 Å². The third-order valence-corrected chi connectivity index (χ3v) is 4.54. The molecule has 2 rings (SSSR count). The number of amides is 2. The van der Waals surface area contributed by atoms with Crippen molar-refractivity contribution in [1.29, 1.82) is 0 Å². The molecule has 2 aromatic rings. The highest BCUT2D eigenvalue weighted by Crippen LogP contribution is 2.38. The minimum atomic E-state index is -4.74. The van der Waals surface area contributed by atoms with Gasteiger partial charge in [-0.3, -0.25) is 14.4 Å². The molecule has 11 heteroatoms. The Morgan fingerprint density at radius 3 is 2.39 bits per heavy atom. The molecule has 0 aliphatic carbocycles. The first-order valence-corrected chi connectivity index (χ1v) is 10.3. The lowest BCUT2D eigenvalue weighted by molar-refractivity contribution is -0.146. The molecule has 33 heavy (non-hydrogen) atoms. The van der Waals surface area contributed by atoms with Crippen LogP contribution in [0.15, 0.2) is 42.5 Å². The van der Waals surface area contributed by atoms with Crippen LogP contribution in [0.4, 0.5) is 18.9 Å². The summed E-state index contributed by atoms with van der Waals surface area (Å²) in [5.41, 5.74) is -1.49. The molecule has 2 amide bonds. The zero-order chi connectivity index (χ0) is 24.4. The average molecular weight is 487 g/mol. The van der Waals surface area contributed by atoms with Crippen LogP contribution in [-0.4, -0.2) is 37.5 Å². The molecule has 0 atom stereocenters. The third-order valence-electron chi connectivity index (χ3n) is 4.22. The maximum atomic E-state index is 13.1. The molecular formula is C22H22ClF3N2O5. The predicted molar refractivity (Wildman–Crippen MR) is 115 cm³/mol. The fourth-order valence-electron chi connectivity index (χ4n) is 2.55. The van der Waals surface area contributed by atoms with Crippen molar-refractivity contribution in [1.82, 2.24) is 5.32 Å². The van der Waals surface area contributed by atoms with Crippen LogP contribution in [0.5, 0.6) is 5.75 Å². The lowest BCUT2D eigenvalue weighted by Crippen LogP contribution is -2.32. The number of para-hydroxylation sites is 1. The van der Waals surface area contributed by atoms with E-state index in [2.05, 4.69) is 5.32 Å². The number of hydrogen-bond acceptors (Lipinski definition) is 5. The van der Waals surface area contributed by atoms with Gasteiger partial charge in [-0.25, -0.2) is 0 Å². The maximum Gasteiger partial charge on any atom is 0.418 e. The fraction of sp³-hybridized carbons (Fsp3) is 0.318. The Bertz CT molecular complexity index is 981. The minimum Gasteiger partial charge on any atom is -0.494 e. The summed E-state index contributed by atoms with van der Waals surface area (Å²) >= 11 is 5.75. The Kier molecular flexibility index (Phi) is 9.53. The highest BCUT2D eigenvalue weighted by molar-refractivity contribution is 6.34. The second-order valence-electron chi connectivity index (χ2n) is 6.78. The smallest absolute Gasteiger partial charge is 0.418 e. The summed E-state index contributed by atoms with van der Waals surface area (Å²) in [6.07, 6.45) is -2.84. The fourth-order valence-corrected chi connectivity index (χ4v) is 2.77. The number of halogens is 4. The van der Waals surface area contributed by atoms with Gasteiger partial charge in [-0.15, -0.1) is 0 Å². The molecule has 0 saturated heterocycles. The summed E-state index contributed by atoms with van der Waals surface area (Å²) in [6, 6.07) is 9.32. The van der Waals surface area contributed by atoms with Crippen molar-refractivity contribution in [2.75, 3.05) is 25.1 Å². The van der Waals surface area contributed by atoms with Gasteiger partial charge >= 0.3 is 12.1 Å². The highest BCUT2D eigenvalue weighted by atomic mass is 35.5. The van der Waals surface area contributed by atoms with Gasteiger partial charge in [0.05, 0.1) is 22.9 Å². The number of hydrogen-bond donors (Lipinski definition) is 2. The maximum absolute atomic E-state index is 13.1. The Labute approximate surface area is 193 Å². The van der Waals surface area contributed by atoms with Crippen LogP contribution in [0.25, 0.3) is 0 Å². The second-order valence-corrected chi connectivity index (χ2v) is 7.19. The first-order valence-electron chi connectivity index (χ1n) is 9.94. The summed E-state index contributed by atoms with van der Waals surface area (Å²) in [5.74, 6) is -1.92. The standard InChI is InChI=1S/C22H22ClF3N2O5/c1-2-3-11-32-15-9-7-14(8-10-15)21(31)27-12-19(30)33-13-18(29)28-20-16(22(24,25)26)5-4-6-17(20)23/h4-10H,2-3,11-13H2,1H3,(H,27,31)(H,28,29). The molecule has 0 unspecified atom stereocenters. The van der Waals surface area contributed by atoms with E-state index in [4.69, 9.17) is 21.1 Å². The van der Waals surface area contributed by atoms with Gasteiger partial charge < -0.3 is 20.1 Å². The van der Waals surface area contributed by atoms with E-state index in [9.17, 15) is 27.6 Å². The number of ether oxygens (including phenoxy) is 2. The normalized spacial score (nSPS) is 10.9. The van der Waals surface area contributed by atoms with Crippen LogP contribution in [0.1, 0.15) is 35.7 Å². The molecule has 0 radical (unpaired) electrons. The molecule has 2 aromatic carbocycles. The molecule has 0 aromatic heterocycles. The second kappa shape index (κ2) is 12.1. The summed E-state index contributed by atoms with van der Waals surface area (Å²) in [4.78, 5) is 35.8. The van der Waals surface area contributed by atoms with Gasteiger partial charge in [-0.05, 0) is 42.8 Å². The number of alkyl halides is 3. The predicted octanol–water partition coefficient (Wildman–Crippen LogP) is 4.45. The minimum absolute atomic E-state index is 0.279. The van der Waals surface area contributed by atoms with E-state index in [1.165, 1.54) is 18.2 Å². The molecule has 0 fully saturated rings. The Morgan fingerprint density at radius 2 is 1.76 bits per heavy atom. The largest absolute Gasteiger partial charge is 0.494 e. The molecule has 0 heterocycles. The van der Waals surface area contributed by atoms with Crippen molar-refractivity contribution in [3.8, 4) is 5.75 Å². The first-order chi connectivity index (χ1) is 15.6. The quantitative estimate of drug-likeness (QED) is 0.382. The van der Waals surface area contributed by atoms with Crippen LogP contribution in [-0.2, 0) is 20.5 Å². The number of nitrogens with one attached hydrogen (secondary N) is 2.